The average Bonchev–Trinajstić information content (AvgIpc) is 3.25. The first-order valence-corrected chi connectivity index (χ1v) is 11.3. The smallest absolute Gasteiger partial charge is 0.227 e. The van der Waals surface area contributed by atoms with Crippen LogP contribution in [0.15, 0.2) is 36.8 Å². The van der Waals surface area contributed by atoms with Gasteiger partial charge in [0, 0.05) is 24.8 Å². The molecule has 3 aromatic rings. The molecule has 1 unspecified atom stereocenters. The van der Waals surface area contributed by atoms with Gasteiger partial charge in [0.1, 0.15) is 0 Å². The molecule has 33 heavy (non-hydrogen) atoms. The molecule has 0 saturated carbocycles. The lowest BCUT2D eigenvalue weighted by Crippen LogP contribution is -2.37. The van der Waals surface area contributed by atoms with Crippen LogP contribution < -0.4 is 10.1 Å². The van der Waals surface area contributed by atoms with Gasteiger partial charge in [-0.1, -0.05) is 6.42 Å². The van der Waals surface area contributed by atoms with E-state index in [-0.39, 0.29) is 11.9 Å². The molecule has 0 bridgehead atoms. The molecule has 0 aliphatic carbocycles. The summed E-state index contributed by atoms with van der Waals surface area (Å²) in [5.41, 5.74) is 2.74. The maximum Gasteiger partial charge on any atom is 0.227 e. The highest BCUT2D eigenvalue weighted by Gasteiger charge is 2.22. The minimum Gasteiger partial charge on any atom is -0.488 e. The molecule has 1 aliphatic rings. The maximum absolute atomic E-state index is 14.5. The van der Waals surface area contributed by atoms with Crippen molar-refractivity contribution in [3.8, 4) is 17.0 Å². The van der Waals surface area contributed by atoms with Crippen molar-refractivity contribution in [2.45, 2.75) is 52.3 Å². The summed E-state index contributed by atoms with van der Waals surface area (Å²) >= 11 is 0. The Labute approximate surface area is 192 Å². The quantitative estimate of drug-likeness (QED) is 0.504. The zero-order valence-corrected chi connectivity index (χ0v) is 19.2. The fourth-order valence-corrected chi connectivity index (χ4v) is 3.97. The topological polar surface area (TPSA) is 85.2 Å². The molecule has 1 saturated heterocycles. The largest absolute Gasteiger partial charge is 0.488 e. The molecule has 0 radical (unpaired) electrons. The van der Waals surface area contributed by atoms with E-state index in [9.17, 15) is 9.18 Å². The van der Waals surface area contributed by atoms with E-state index >= 15 is 0 Å². The second-order valence-corrected chi connectivity index (χ2v) is 8.52. The van der Waals surface area contributed by atoms with E-state index in [0.29, 0.717) is 22.9 Å². The molecule has 174 valence electrons. The molecule has 1 aliphatic heterocycles. The summed E-state index contributed by atoms with van der Waals surface area (Å²) < 4.78 is 21.7. The monoisotopic (exact) mass is 452 g/mol. The van der Waals surface area contributed by atoms with Crippen LogP contribution in [0.4, 0.5) is 16.0 Å². The number of aromatic nitrogens is 4. The number of ether oxygens (including phenoxy) is 1. The van der Waals surface area contributed by atoms with Crippen molar-refractivity contribution in [1.29, 1.82) is 0 Å². The van der Waals surface area contributed by atoms with Gasteiger partial charge in [-0.05, 0) is 57.4 Å². The fourth-order valence-electron chi connectivity index (χ4n) is 3.97. The number of anilines is 2. The minimum atomic E-state index is -0.437. The number of nitrogens with one attached hydrogen (secondary N) is 1. The van der Waals surface area contributed by atoms with Crippen LogP contribution in [0.2, 0.25) is 0 Å². The standard InChI is InChI=1S/C24H29FN6O2/c1-16(2)33-21-8-7-18(11-20(21)25)23-17(3)12-26-24(29-23)28-19-13-27-31(14-19)22(15-32)30-9-5-4-6-10-30/h7-8,11-16,22H,4-6,9-10H2,1-3H3,(H,26,28,29). The van der Waals surface area contributed by atoms with E-state index in [4.69, 9.17) is 4.74 Å². The Bertz CT molecular complexity index is 1110. The number of likely N-dealkylation sites (tertiary alicyclic amines) is 1. The highest BCUT2D eigenvalue weighted by Crippen LogP contribution is 2.28. The van der Waals surface area contributed by atoms with E-state index < -0.39 is 12.0 Å². The Morgan fingerprint density at radius 2 is 1.97 bits per heavy atom. The van der Waals surface area contributed by atoms with Gasteiger partial charge in [0.15, 0.2) is 24.0 Å². The van der Waals surface area contributed by atoms with Crippen LogP contribution in [0.5, 0.6) is 5.75 Å². The molecule has 1 aromatic carbocycles. The third-order valence-corrected chi connectivity index (χ3v) is 5.55. The molecular formula is C24H29FN6O2. The van der Waals surface area contributed by atoms with Gasteiger partial charge in [0.05, 0.1) is 29.9 Å². The van der Waals surface area contributed by atoms with Crippen molar-refractivity contribution >= 4 is 17.9 Å². The molecule has 9 heteroatoms. The first-order chi connectivity index (χ1) is 15.9. The fraction of sp³-hybridized carbons (Fsp3) is 0.417. The van der Waals surface area contributed by atoms with Crippen LogP contribution in [0, 0.1) is 12.7 Å². The number of carbonyl (C=O) groups is 1. The molecule has 0 amide bonds. The summed E-state index contributed by atoms with van der Waals surface area (Å²) in [5, 5.41) is 7.50. The van der Waals surface area contributed by atoms with Gasteiger partial charge in [-0.25, -0.2) is 19.0 Å². The Hall–Kier alpha value is -3.33. The minimum absolute atomic E-state index is 0.114. The zero-order chi connectivity index (χ0) is 23.4. The number of aldehydes is 1. The Balaban J connectivity index is 1.53. The van der Waals surface area contributed by atoms with Gasteiger partial charge in [-0.3, -0.25) is 9.69 Å². The molecule has 1 N–H and O–H groups in total. The number of aryl methyl sites for hydroxylation is 1. The number of piperidine rings is 1. The first kappa shape index (κ1) is 22.8. The molecule has 2 aromatic heterocycles. The average molecular weight is 453 g/mol. The SMILES string of the molecule is Cc1cnc(Nc2cnn(C(C=O)N3CCCCC3)c2)nc1-c1ccc(OC(C)C)c(F)c1. The molecule has 0 spiro atoms. The molecule has 4 rings (SSSR count). The van der Waals surface area contributed by atoms with Crippen LogP contribution in [0.3, 0.4) is 0 Å². The van der Waals surface area contributed by atoms with Gasteiger partial charge in [-0.15, -0.1) is 0 Å². The van der Waals surface area contributed by atoms with Crippen LogP contribution in [-0.4, -0.2) is 50.1 Å². The van der Waals surface area contributed by atoms with E-state index in [0.717, 1.165) is 37.8 Å². The van der Waals surface area contributed by atoms with E-state index in [2.05, 4.69) is 25.3 Å². The maximum atomic E-state index is 14.5. The zero-order valence-electron chi connectivity index (χ0n) is 19.2. The summed E-state index contributed by atoms with van der Waals surface area (Å²) in [6, 6.07) is 4.82. The van der Waals surface area contributed by atoms with Gasteiger partial charge in [0.25, 0.3) is 0 Å². The third kappa shape index (κ3) is 5.36. The Morgan fingerprint density at radius 1 is 1.18 bits per heavy atom. The second kappa shape index (κ2) is 10.1. The number of halogens is 1. The van der Waals surface area contributed by atoms with Gasteiger partial charge >= 0.3 is 0 Å². The first-order valence-electron chi connectivity index (χ1n) is 11.3. The molecule has 1 atom stereocenters. The number of hydrogen-bond acceptors (Lipinski definition) is 7. The number of benzene rings is 1. The third-order valence-electron chi connectivity index (χ3n) is 5.55. The van der Waals surface area contributed by atoms with Crippen LogP contribution >= 0.6 is 0 Å². The van der Waals surface area contributed by atoms with Gasteiger partial charge in [0.2, 0.25) is 5.95 Å². The van der Waals surface area contributed by atoms with Gasteiger partial charge < -0.3 is 10.1 Å². The number of nitrogens with zero attached hydrogens (tertiary/aromatic N) is 5. The molecule has 3 heterocycles. The van der Waals surface area contributed by atoms with Crippen molar-refractivity contribution in [1.82, 2.24) is 24.6 Å². The van der Waals surface area contributed by atoms with Crippen LogP contribution in [0.25, 0.3) is 11.3 Å². The normalized spacial score (nSPS) is 15.4. The number of rotatable bonds is 8. The van der Waals surface area contributed by atoms with E-state index in [1.807, 2.05) is 20.8 Å². The summed E-state index contributed by atoms with van der Waals surface area (Å²) in [6.07, 6.45) is 8.84. The second-order valence-electron chi connectivity index (χ2n) is 8.52. The lowest BCUT2D eigenvalue weighted by molar-refractivity contribution is -0.116. The molecule has 8 nitrogen and oxygen atoms in total. The van der Waals surface area contributed by atoms with Crippen molar-refractivity contribution in [2.75, 3.05) is 18.4 Å². The van der Waals surface area contributed by atoms with Crippen molar-refractivity contribution in [3.05, 3.63) is 48.2 Å². The lowest BCUT2D eigenvalue weighted by atomic mass is 10.1. The summed E-state index contributed by atoms with van der Waals surface area (Å²) in [5.74, 6) is 0.135. The van der Waals surface area contributed by atoms with Crippen LogP contribution in [-0.2, 0) is 4.79 Å². The van der Waals surface area contributed by atoms with E-state index in [1.165, 1.54) is 12.5 Å². The summed E-state index contributed by atoms with van der Waals surface area (Å²) in [4.78, 5) is 22.8. The molecular weight excluding hydrogens is 423 g/mol. The highest BCUT2D eigenvalue weighted by atomic mass is 19.1. The summed E-state index contributed by atoms with van der Waals surface area (Å²) in [6.45, 7) is 7.35. The summed E-state index contributed by atoms with van der Waals surface area (Å²) in [7, 11) is 0. The lowest BCUT2D eigenvalue weighted by Gasteiger charge is -2.31. The Kier molecular flexibility index (Phi) is 6.98. The van der Waals surface area contributed by atoms with Crippen molar-refractivity contribution < 1.29 is 13.9 Å². The highest BCUT2D eigenvalue weighted by molar-refractivity contribution is 5.66. The Morgan fingerprint density at radius 3 is 2.67 bits per heavy atom. The van der Waals surface area contributed by atoms with Crippen LogP contribution in [0.1, 0.15) is 44.8 Å². The molecule has 1 fully saturated rings. The van der Waals surface area contributed by atoms with Crippen molar-refractivity contribution in [3.63, 3.8) is 0 Å². The predicted molar refractivity (Wildman–Crippen MR) is 124 cm³/mol. The number of hydrogen-bond donors (Lipinski definition) is 1. The number of carbonyl (C=O) groups excluding carboxylic acids is 1. The van der Waals surface area contributed by atoms with Gasteiger partial charge in [-0.2, -0.15) is 5.10 Å². The van der Waals surface area contributed by atoms with Crippen molar-refractivity contribution in [2.24, 2.45) is 0 Å². The van der Waals surface area contributed by atoms with E-state index in [1.54, 1.807) is 35.4 Å². The predicted octanol–water partition coefficient (Wildman–Crippen LogP) is 4.50.